The number of allylic oxidation sites excluding steroid dienone is 1. The molecule has 0 amide bonds. The van der Waals surface area contributed by atoms with Gasteiger partial charge in [0, 0.05) is 50.1 Å². The highest BCUT2D eigenvalue weighted by Gasteiger charge is 2.18. The Morgan fingerprint density at radius 1 is 0.973 bits per heavy atom. The number of fused-ring (bicyclic) bond motifs is 1. The van der Waals surface area contributed by atoms with Crippen LogP contribution in [0.4, 0.5) is 8.78 Å². The van der Waals surface area contributed by atoms with E-state index in [1.165, 1.54) is 30.5 Å². The molecule has 1 fully saturated rings. The second-order valence-electron chi connectivity index (χ2n) is 8.81. The predicted molar refractivity (Wildman–Crippen MR) is 141 cm³/mol. The van der Waals surface area contributed by atoms with Crippen molar-refractivity contribution in [3.63, 3.8) is 0 Å². The third-order valence-electron chi connectivity index (χ3n) is 6.44. The maximum absolute atomic E-state index is 13.7. The molecule has 0 saturated carbocycles. The molecular weight excluding hydrogens is 474 g/mol. The monoisotopic (exact) mass is 502 g/mol. The van der Waals surface area contributed by atoms with Crippen molar-refractivity contribution in [2.45, 2.75) is 0 Å². The zero-order chi connectivity index (χ0) is 25.8. The molecular formula is C28H28F2N6O. The molecule has 1 aliphatic heterocycles. The first-order valence-electron chi connectivity index (χ1n) is 12.1. The number of imidazole rings is 1. The van der Waals surface area contributed by atoms with Gasteiger partial charge in [0.15, 0.2) is 0 Å². The lowest BCUT2D eigenvalue weighted by atomic mass is 9.96. The minimum atomic E-state index is -0.371. The van der Waals surface area contributed by atoms with Gasteiger partial charge in [0.25, 0.3) is 0 Å². The van der Waals surface area contributed by atoms with Gasteiger partial charge >= 0.3 is 6.01 Å². The van der Waals surface area contributed by atoms with E-state index in [1.807, 2.05) is 22.8 Å². The zero-order valence-electron chi connectivity index (χ0n) is 20.3. The number of piperazine rings is 1. The predicted octanol–water partition coefficient (Wildman–Crippen LogP) is 3.96. The minimum absolute atomic E-state index is 0.169. The summed E-state index contributed by atoms with van der Waals surface area (Å²) in [6, 6.07) is 17.8. The van der Waals surface area contributed by atoms with Gasteiger partial charge < -0.3 is 15.8 Å². The van der Waals surface area contributed by atoms with Crippen molar-refractivity contribution in [1.29, 1.82) is 5.41 Å². The van der Waals surface area contributed by atoms with Crippen LogP contribution in [0.15, 0.2) is 72.9 Å². The third-order valence-corrected chi connectivity index (χ3v) is 6.44. The SMILES string of the molecule is N=C(/C(=C\N)c1ccc2nc(OCCN3CCNCC3)n(-c3ccc(F)cc3)c2c1)c1ccc(F)cc1. The molecule has 7 nitrogen and oxygen atoms in total. The fourth-order valence-corrected chi connectivity index (χ4v) is 4.45. The van der Waals surface area contributed by atoms with Crippen LogP contribution in [0.1, 0.15) is 11.1 Å². The van der Waals surface area contributed by atoms with Gasteiger partial charge in [-0.05, 0) is 66.2 Å². The van der Waals surface area contributed by atoms with Crippen LogP contribution in [0, 0.1) is 17.0 Å². The normalized spacial score (nSPS) is 14.7. The fourth-order valence-electron chi connectivity index (χ4n) is 4.45. The second-order valence-corrected chi connectivity index (χ2v) is 8.81. The molecule has 0 bridgehead atoms. The van der Waals surface area contributed by atoms with Crippen LogP contribution in [-0.2, 0) is 0 Å². The van der Waals surface area contributed by atoms with Gasteiger partial charge in [-0.1, -0.05) is 6.07 Å². The molecule has 0 radical (unpaired) electrons. The van der Waals surface area contributed by atoms with Crippen molar-refractivity contribution in [3.8, 4) is 11.7 Å². The number of benzene rings is 3. The van der Waals surface area contributed by atoms with E-state index < -0.39 is 0 Å². The van der Waals surface area contributed by atoms with Crippen LogP contribution in [0.2, 0.25) is 0 Å². The Bertz CT molecular complexity index is 1420. The number of nitrogens with two attached hydrogens (primary N) is 1. The van der Waals surface area contributed by atoms with Gasteiger partial charge in [0.2, 0.25) is 0 Å². The molecule has 0 spiro atoms. The van der Waals surface area contributed by atoms with Crippen molar-refractivity contribution >= 4 is 22.3 Å². The van der Waals surface area contributed by atoms with E-state index in [9.17, 15) is 8.78 Å². The van der Waals surface area contributed by atoms with Crippen LogP contribution in [-0.4, -0.2) is 59.5 Å². The van der Waals surface area contributed by atoms with Gasteiger partial charge in [0.05, 0.1) is 22.4 Å². The maximum atomic E-state index is 13.7. The quantitative estimate of drug-likeness (QED) is 0.317. The summed E-state index contributed by atoms with van der Waals surface area (Å²) in [7, 11) is 0. The molecule has 3 aromatic carbocycles. The number of halogens is 2. The summed E-state index contributed by atoms with van der Waals surface area (Å²) in [6.07, 6.45) is 1.37. The summed E-state index contributed by atoms with van der Waals surface area (Å²) in [5.74, 6) is -0.708. The Hall–Kier alpha value is -4.08. The smallest absolute Gasteiger partial charge is 0.302 e. The van der Waals surface area contributed by atoms with E-state index in [-0.39, 0.29) is 17.3 Å². The summed E-state index contributed by atoms with van der Waals surface area (Å²) < 4.78 is 35.1. The molecule has 1 saturated heterocycles. The minimum Gasteiger partial charge on any atom is -0.463 e. The Kier molecular flexibility index (Phi) is 7.25. The van der Waals surface area contributed by atoms with Gasteiger partial charge in [-0.25, -0.2) is 8.78 Å². The number of aromatic nitrogens is 2. The lowest BCUT2D eigenvalue weighted by Gasteiger charge is -2.26. The molecule has 1 aromatic heterocycles. The number of ether oxygens (including phenoxy) is 1. The third kappa shape index (κ3) is 5.37. The van der Waals surface area contributed by atoms with E-state index in [0.717, 1.165) is 38.2 Å². The van der Waals surface area contributed by atoms with Crippen LogP contribution in [0.3, 0.4) is 0 Å². The number of hydrogen-bond acceptors (Lipinski definition) is 6. The summed E-state index contributed by atoms with van der Waals surface area (Å²) in [5.41, 5.74) is 9.96. The van der Waals surface area contributed by atoms with Crippen molar-refractivity contribution in [2.75, 3.05) is 39.3 Å². The molecule has 0 unspecified atom stereocenters. The Balaban J connectivity index is 1.50. The summed E-state index contributed by atoms with van der Waals surface area (Å²) in [4.78, 5) is 7.04. The van der Waals surface area contributed by atoms with E-state index >= 15 is 0 Å². The van der Waals surface area contributed by atoms with Gasteiger partial charge in [-0.3, -0.25) is 14.9 Å². The lowest BCUT2D eigenvalue weighted by Crippen LogP contribution is -2.44. The highest BCUT2D eigenvalue weighted by molar-refractivity contribution is 6.30. The largest absolute Gasteiger partial charge is 0.463 e. The Morgan fingerprint density at radius 3 is 2.30 bits per heavy atom. The summed E-state index contributed by atoms with van der Waals surface area (Å²) >= 11 is 0. The first-order chi connectivity index (χ1) is 18.0. The summed E-state index contributed by atoms with van der Waals surface area (Å²) in [5, 5.41) is 12.0. The molecule has 5 rings (SSSR count). The van der Waals surface area contributed by atoms with Gasteiger partial charge in [-0.15, -0.1) is 0 Å². The van der Waals surface area contributed by atoms with Gasteiger partial charge in [-0.2, -0.15) is 4.98 Å². The van der Waals surface area contributed by atoms with Crippen molar-refractivity contribution in [2.24, 2.45) is 5.73 Å². The number of nitrogens with one attached hydrogen (secondary N) is 2. The fraction of sp³-hybridized carbons (Fsp3) is 0.214. The average molecular weight is 503 g/mol. The topological polar surface area (TPSA) is 92.2 Å². The Morgan fingerprint density at radius 2 is 1.62 bits per heavy atom. The average Bonchev–Trinajstić information content (AvgIpc) is 3.28. The zero-order valence-corrected chi connectivity index (χ0v) is 20.3. The molecule has 2 heterocycles. The standard InChI is InChI=1S/C28H28F2N6O/c29-21-4-1-19(2-5-21)27(32)24(18-31)20-3-10-25-26(17-20)36(23-8-6-22(30)7-9-23)28(34-25)37-16-15-35-13-11-33-12-14-35/h1-10,17-18,32-33H,11-16,31H2/b24-18-,32-27?. The molecule has 37 heavy (non-hydrogen) atoms. The van der Waals surface area contributed by atoms with Gasteiger partial charge in [0.1, 0.15) is 18.2 Å². The van der Waals surface area contributed by atoms with E-state index in [4.69, 9.17) is 20.9 Å². The van der Waals surface area contributed by atoms with E-state index in [2.05, 4.69) is 10.2 Å². The first-order valence-corrected chi connectivity index (χ1v) is 12.1. The van der Waals surface area contributed by atoms with Crippen LogP contribution >= 0.6 is 0 Å². The highest BCUT2D eigenvalue weighted by atomic mass is 19.1. The number of nitrogens with zero attached hydrogens (tertiary/aromatic N) is 3. The molecule has 4 N–H and O–H groups in total. The van der Waals surface area contributed by atoms with Crippen LogP contribution < -0.4 is 15.8 Å². The molecule has 0 atom stereocenters. The second kappa shape index (κ2) is 10.9. The van der Waals surface area contributed by atoms with Crippen molar-refractivity contribution < 1.29 is 13.5 Å². The lowest BCUT2D eigenvalue weighted by molar-refractivity contribution is 0.184. The maximum Gasteiger partial charge on any atom is 0.302 e. The van der Waals surface area contributed by atoms with E-state index in [1.54, 1.807) is 24.3 Å². The number of rotatable bonds is 8. The Labute approximate surface area is 213 Å². The molecule has 4 aromatic rings. The molecule has 0 aliphatic carbocycles. The molecule has 9 heteroatoms. The highest BCUT2D eigenvalue weighted by Crippen LogP contribution is 2.30. The molecule has 1 aliphatic rings. The van der Waals surface area contributed by atoms with Crippen LogP contribution in [0.5, 0.6) is 6.01 Å². The number of hydrogen-bond donors (Lipinski definition) is 3. The van der Waals surface area contributed by atoms with Crippen LogP contribution in [0.25, 0.3) is 22.3 Å². The summed E-state index contributed by atoms with van der Waals surface area (Å²) in [6.45, 7) is 5.08. The van der Waals surface area contributed by atoms with Crippen molar-refractivity contribution in [3.05, 3.63) is 95.7 Å². The van der Waals surface area contributed by atoms with E-state index in [0.29, 0.717) is 40.5 Å². The first kappa shape index (κ1) is 24.6. The van der Waals surface area contributed by atoms with Crippen molar-refractivity contribution in [1.82, 2.24) is 19.8 Å². The molecule has 190 valence electrons.